The number of sulfone groups is 1. The van der Waals surface area contributed by atoms with E-state index in [1.54, 1.807) is 0 Å². The van der Waals surface area contributed by atoms with E-state index in [2.05, 4.69) is 17.3 Å². The maximum absolute atomic E-state index is 11.2. The standard InChI is InChI=1S/C9H18N2O2S.ClH/c1-11(9-4-10-5-9)6-8-2-3-14(12,13)7-8;/h8-10H,2-7H2,1H3;1H. The first-order chi connectivity index (χ1) is 6.57. The fraction of sp³-hybridized carbons (Fsp3) is 1.00. The van der Waals surface area contributed by atoms with Crippen LogP contribution in [-0.4, -0.2) is 57.5 Å². The zero-order valence-corrected chi connectivity index (χ0v) is 10.6. The highest BCUT2D eigenvalue weighted by Crippen LogP contribution is 2.20. The van der Waals surface area contributed by atoms with E-state index in [4.69, 9.17) is 0 Å². The Balaban J connectivity index is 0.00000112. The summed E-state index contributed by atoms with van der Waals surface area (Å²) in [4.78, 5) is 2.29. The van der Waals surface area contributed by atoms with Gasteiger partial charge in [0.25, 0.3) is 0 Å². The second-order valence-corrected chi connectivity index (χ2v) is 6.75. The van der Waals surface area contributed by atoms with Gasteiger partial charge in [-0.2, -0.15) is 0 Å². The summed E-state index contributed by atoms with van der Waals surface area (Å²) in [6, 6.07) is 0.623. The van der Waals surface area contributed by atoms with E-state index in [1.807, 2.05) is 0 Å². The summed E-state index contributed by atoms with van der Waals surface area (Å²) >= 11 is 0. The molecule has 0 radical (unpaired) electrons. The largest absolute Gasteiger partial charge is 0.314 e. The number of nitrogens with zero attached hydrogens (tertiary/aromatic N) is 1. The van der Waals surface area contributed by atoms with Crippen molar-refractivity contribution in [2.24, 2.45) is 5.92 Å². The molecule has 2 rings (SSSR count). The monoisotopic (exact) mass is 254 g/mol. The smallest absolute Gasteiger partial charge is 0.150 e. The molecule has 2 saturated heterocycles. The molecule has 2 aliphatic rings. The van der Waals surface area contributed by atoms with Crippen molar-refractivity contribution in [3.63, 3.8) is 0 Å². The second-order valence-electron chi connectivity index (χ2n) is 4.52. The number of likely N-dealkylation sites (N-methyl/N-ethyl adjacent to an activating group) is 1. The number of hydrogen-bond acceptors (Lipinski definition) is 4. The predicted octanol–water partition coefficient (Wildman–Crippen LogP) is -0.253. The zero-order chi connectivity index (χ0) is 10.2. The summed E-state index contributed by atoms with van der Waals surface area (Å²) in [5.41, 5.74) is 0. The van der Waals surface area contributed by atoms with Gasteiger partial charge < -0.3 is 10.2 Å². The van der Waals surface area contributed by atoms with Crippen LogP contribution >= 0.6 is 12.4 Å². The van der Waals surface area contributed by atoms with Crippen LogP contribution < -0.4 is 5.32 Å². The molecule has 0 saturated carbocycles. The van der Waals surface area contributed by atoms with E-state index >= 15 is 0 Å². The molecular formula is C9H19ClN2O2S. The average molecular weight is 255 g/mol. The first kappa shape index (κ1) is 13.2. The van der Waals surface area contributed by atoms with Gasteiger partial charge >= 0.3 is 0 Å². The van der Waals surface area contributed by atoms with Crippen molar-refractivity contribution < 1.29 is 8.42 Å². The van der Waals surface area contributed by atoms with Crippen molar-refractivity contribution in [2.75, 3.05) is 38.2 Å². The van der Waals surface area contributed by atoms with Gasteiger partial charge in [-0.15, -0.1) is 12.4 Å². The van der Waals surface area contributed by atoms with Crippen LogP contribution in [0.2, 0.25) is 0 Å². The Kier molecular flexibility index (Phi) is 4.40. The quantitative estimate of drug-likeness (QED) is 0.755. The molecule has 0 aromatic carbocycles. The van der Waals surface area contributed by atoms with Crippen LogP contribution in [0.1, 0.15) is 6.42 Å². The fourth-order valence-corrected chi connectivity index (χ4v) is 4.01. The third-order valence-electron chi connectivity index (χ3n) is 3.26. The van der Waals surface area contributed by atoms with Gasteiger partial charge in [-0.1, -0.05) is 0 Å². The highest BCUT2D eigenvalue weighted by molar-refractivity contribution is 7.91. The van der Waals surface area contributed by atoms with Crippen LogP contribution in [0.25, 0.3) is 0 Å². The minimum Gasteiger partial charge on any atom is -0.314 e. The molecule has 0 amide bonds. The van der Waals surface area contributed by atoms with Crippen LogP contribution in [-0.2, 0) is 9.84 Å². The number of nitrogens with one attached hydrogen (secondary N) is 1. The summed E-state index contributed by atoms with van der Waals surface area (Å²) in [7, 11) is -0.604. The van der Waals surface area contributed by atoms with Gasteiger partial charge in [-0.05, 0) is 19.4 Å². The Bertz CT molecular complexity index is 303. The van der Waals surface area contributed by atoms with Crippen molar-refractivity contribution in [3.8, 4) is 0 Å². The first-order valence-corrected chi connectivity index (χ1v) is 7.00. The molecule has 90 valence electrons. The van der Waals surface area contributed by atoms with Crippen LogP contribution in [0, 0.1) is 5.92 Å². The molecule has 1 atom stereocenters. The molecule has 0 aromatic rings. The first-order valence-electron chi connectivity index (χ1n) is 5.18. The third-order valence-corrected chi connectivity index (χ3v) is 5.09. The molecule has 6 heteroatoms. The lowest BCUT2D eigenvalue weighted by molar-refractivity contribution is 0.161. The number of halogens is 1. The summed E-state index contributed by atoms with van der Waals surface area (Å²) in [6.45, 7) is 3.04. The van der Waals surface area contributed by atoms with Gasteiger partial charge in [0.15, 0.2) is 9.84 Å². The molecule has 1 unspecified atom stereocenters. The van der Waals surface area contributed by atoms with E-state index in [-0.39, 0.29) is 12.4 Å². The fourth-order valence-electron chi connectivity index (χ4n) is 2.16. The number of rotatable bonds is 3. The van der Waals surface area contributed by atoms with Crippen molar-refractivity contribution in [2.45, 2.75) is 12.5 Å². The predicted molar refractivity (Wildman–Crippen MR) is 63.3 cm³/mol. The van der Waals surface area contributed by atoms with E-state index in [0.717, 1.165) is 26.1 Å². The van der Waals surface area contributed by atoms with E-state index in [9.17, 15) is 8.42 Å². The van der Waals surface area contributed by atoms with E-state index in [1.165, 1.54) is 0 Å². The van der Waals surface area contributed by atoms with Crippen LogP contribution in [0.4, 0.5) is 0 Å². The Hall–Kier alpha value is 0.160. The molecule has 0 bridgehead atoms. The van der Waals surface area contributed by atoms with Gasteiger partial charge in [-0.3, -0.25) is 0 Å². The summed E-state index contributed by atoms with van der Waals surface area (Å²) in [5, 5.41) is 3.22. The Labute approximate surface area is 97.7 Å². The molecule has 0 aromatic heterocycles. The van der Waals surface area contributed by atoms with Crippen molar-refractivity contribution in [3.05, 3.63) is 0 Å². The Morgan fingerprint density at radius 1 is 1.40 bits per heavy atom. The lowest BCUT2D eigenvalue weighted by Crippen LogP contribution is -2.56. The highest BCUT2D eigenvalue weighted by atomic mass is 35.5. The SMILES string of the molecule is CN(CC1CCS(=O)(=O)C1)C1CNC1.Cl. The van der Waals surface area contributed by atoms with Crippen LogP contribution in [0.3, 0.4) is 0 Å². The normalized spacial score (nSPS) is 29.9. The van der Waals surface area contributed by atoms with Crippen molar-refractivity contribution in [1.82, 2.24) is 10.2 Å². The third kappa shape index (κ3) is 3.31. The van der Waals surface area contributed by atoms with Gasteiger partial charge in [-0.25, -0.2) is 8.42 Å². The molecule has 2 aliphatic heterocycles. The van der Waals surface area contributed by atoms with Gasteiger partial charge in [0.05, 0.1) is 11.5 Å². The molecular weight excluding hydrogens is 236 g/mol. The Morgan fingerprint density at radius 2 is 2.07 bits per heavy atom. The van der Waals surface area contributed by atoms with E-state index in [0.29, 0.717) is 23.5 Å². The highest BCUT2D eigenvalue weighted by Gasteiger charge is 2.31. The molecule has 4 nitrogen and oxygen atoms in total. The lowest BCUT2D eigenvalue weighted by atomic mass is 10.1. The zero-order valence-electron chi connectivity index (χ0n) is 8.98. The summed E-state index contributed by atoms with van der Waals surface area (Å²) in [6.07, 6.45) is 0.854. The summed E-state index contributed by atoms with van der Waals surface area (Å²) in [5.74, 6) is 1.16. The Morgan fingerprint density at radius 3 is 2.47 bits per heavy atom. The minimum absolute atomic E-state index is 0. The van der Waals surface area contributed by atoms with Gasteiger partial charge in [0.2, 0.25) is 0 Å². The van der Waals surface area contributed by atoms with Crippen molar-refractivity contribution >= 4 is 22.2 Å². The molecule has 0 aliphatic carbocycles. The summed E-state index contributed by atoms with van der Waals surface area (Å²) < 4.78 is 22.5. The van der Waals surface area contributed by atoms with Crippen LogP contribution in [0.15, 0.2) is 0 Å². The topological polar surface area (TPSA) is 49.4 Å². The molecule has 15 heavy (non-hydrogen) atoms. The minimum atomic E-state index is -2.70. The second kappa shape index (κ2) is 4.99. The molecule has 2 fully saturated rings. The number of hydrogen-bond donors (Lipinski definition) is 1. The van der Waals surface area contributed by atoms with Gasteiger partial charge in [0, 0.05) is 25.7 Å². The molecule has 2 heterocycles. The molecule has 1 N–H and O–H groups in total. The van der Waals surface area contributed by atoms with Crippen molar-refractivity contribution in [1.29, 1.82) is 0 Å². The van der Waals surface area contributed by atoms with Crippen LogP contribution in [0.5, 0.6) is 0 Å². The average Bonchev–Trinajstić information content (AvgIpc) is 2.25. The lowest BCUT2D eigenvalue weighted by Gasteiger charge is -2.36. The maximum Gasteiger partial charge on any atom is 0.150 e. The van der Waals surface area contributed by atoms with E-state index < -0.39 is 9.84 Å². The van der Waals surface area contributed by atoms with Gasteiger partial charge in [0.1, 0.15) is 0 Å². The maximum atomic E-state index is 11.2. The molecule has 0 spiro atoms.